The lowest BCUT2D eigenvalue weighted by molar-refractivity contribution is -0.695. The van der Waals surface area contributed by atoms with Crippen LogP contribution in [0.25, 0.3) is 0 Å². The minimum atomic E-state index is -0.700. The van der Waals surface area contributed by atoms with E-state index < -0.39 is 6.04 Å². The maximum atomic E-state index is 13.0. The zero-order valence-electron chi connectivity index (χ0n) is 28.5. The number of hydrogen-bond donors (Lipinski definition) is 3. The second kappa shape index (κ2) is 29.3. The van der Waals surface area contributed by atoms with Gasteiger partial charge in [0, 0.05) is 31.6 Å². The van der Waals surface area contributed by atoms with Crippen molar-refractivity contribution >= 4 is 17.7 Å². The molecule has 0 aliphatic carbocycles. The number of hydrogen-bond acceptors (Lipinski definition) is 3. The van der Waals surface area contributed by atoms with Crippen LogP contribution in [0.2, 0.25) is 0 Å². The third kappa shape index (κ3) is 23.9. The first-order valence-electron chi connectivity index (χ1n) is 18.3. The van der Waals surface area contributed by atoms with Crippen LogP contribution in [0.1, 0.15) is 162 Å². The highest BCUT2D eigenvalue weighted by atomic mass is 16.2. The fraction of sp³-hybridized carbons (Fsp3) is 0.784. The van der Waals surface area contributed by atoms with E-state index >= 15 is 0 Å². The molecule has 1 aromatic rings. The molecule has 0 aliphatic heterocycles. The smallest absolute Gasteiger partial charge is 0.242 e. The zero-order valence-corrected chi connectivity index (χ0v) is 28.5. The highest BCUT2D eigenvalue weighted by molar-refractivity contribution is 5.88. The molecule has 1 atom stereocenters. The predicted molar refractivity (Wildman–Crippen MR) is 182 cm³/mol. The summed E-state index contributed by atoms with van der Waals surface area (Å²) in [5.41, 5.74) is 0. The lowest BCUT2D eigenvalue weighted by Crippen LogP contribution is -2.48. The van der Waals surface area contributed by atoms with Gasteiger partial charge >= 0.3 is 0 Å². The number of carbonyl (C=O) groups excluding carboxylic acids is 3. The summed E-state index contributed by atoms with van der Waals surface area (Å²) in [6.45, 7) is 6.31. The van der Waals surface area contributed by atoms with Crippen LogP contribution in [0.4, 0.5) is 0 Å². The highest BCUT2D eigenvalue weighted by Crippen LogP contribution is 2.11. The molecule has 1 aromatic heterocycles. The number of unbranched alkanes of at least 4 members (excludes halogenated alkanes) is 18. The van der Waals surface area contributed by atoms with Crippen molar-refractivity contribution in [3.63, 3.8) is 0 Å². The molecule has 3 N–H and O–H groups in total. The summed E-state index contributed by atoms with van der Waals surface area (Å²) >= 11 is 0. The Morgan fingerprint density at radius 1 is 0.545 bits per heavy atom. The quantitative estimate of drug-likeness (QED) is 0.0612. The van der Waals surface area contributed by atoms with Gasteiger partial charge in [-0.15, -0.1) is 0 Å². The van der Waals surface area contributed by atoms with Crippen molar-refractivity contribution in [2.45, 2.75) is 174 Å². The zero-order chi connectivity index (χ0) is 31.9. The second-order valence-corrected chi connectivity index (χ2v) is 12.5. The van der Waals surface area contributed by atoms with E-state index in [1.165, 1.54) is 103 Å². The van der Waals surface area contributed by atoms with Crippen LogP contribution in [0, 0.1) is 0 Å². The maximum Gasteiger partial charge on any atom is 0.242 e. The van der Waals surface area contributed by atoms with Crippen LogP contribution in [-0.2, 0) is 20.9 Å². The molecule has 1 rings (SSSR count). The van der Waals surface area contributed by atoms with E-state index in [9.17, 15) is 14.4 Å². The van der Waals surface area contributed by atoms with Gasteiger partial charge in [0.05, 0.1) is 6.42 Å². The van der Waals surface area contributed by atoms with E-state index in [1.807, 2.05) is 35.2 Å². The van der Waals surface area contributed by atoms with Gasteiger partial charge in [0.2, 0.25) is 17.7 Å². The summed E-state index contributed by atoms with van der Waals surface area (Å²) < 4.78 is 1.95. The van der Waals surface area contributed by atoms with Gasteiger partial charge in [-0.2, -0.15) is 0 Å². The normalized spacial score (nSPS) is 11.7. The minimum absolute atomic E-state index is 0.0532. The Hall–Kier alpha value is -2.44. The van der Waals surface area contributed by atoms with Gasteiger partial charge in [0.1, 0.15) is 6.04 Å². The SMILES string of the molecule is CCCCCCCCCCCCNC(=O)CCC(NC(=O)CC[n+]1ccccc1)C(=O)NCCCCCCCCCCCC. The van der Waals surface area contributed by atoms with Crippen LogP contribution in [0.5, 0.6) is 0 Å². The predicted octanol–water partition coefficient (Wildman–Crippen LogP) is 7.70. The molecule has 0 aromatic carbocycles. The molecule has 0 saturated carbocycles. The van der Waals surface area contributed by atoms with E-state index in [0.717, 1.165) is 25.7 Å². The number of pyridine rings is 1. The third-order valence-corrected chi connectivity index (χ3v) is 8.37. The average Bonchev–Trinajstić information content (AvgIpc) is 3.03. The Bertz CT molecular complexity index is 833. The molecule has 1 heterocycles. The molecule has 3 amide bonds. The van der Waals surface area contributed by atoms with Crippen molar-refractivity contribution in [3.05, 3.63) is 30.6 Å². The van der Waals surface area contributed by atoms with Crippen LogP contribution < -0.4 is 20.5 Å². The van der Waals surface area contributed by atoms with E-state index in [-0.39, 0.29) is 30.6 Å². The molecule has 0 radical (unpaired) electrons. The summed E-state index contributed by atoms with van der Waals surface area (Å²) in [5, 5.41) is 8.92. The largest absolute Gasteiger partial charge is 0.356 e. The number of nitrogens with zero attached hydrogens (tertiary/aromatic N) is 1. The molecule has 1 unspecified atom stereocenters. The first-order valence-corrected chi connectivity index (χ1v) is 18.3. The molecular weight excluding hydrogens is 548 g/mol. The van der Waals surface area contributed by atoms with Crippen molar-refractivity contribution < 1.29 is 19.0 Å². The topological polar surface area (TPSA) is 91.2 Å². The van der Waals surface area contributed by atoms with Crippen molar-refractivity contribution in [2.24, 2.45) is 0 Å². The van der Waals surface area contributed by atoms with Crippen LogP contribution in [0.15, 0.2) is 30.6 Å². The van der Waals surface area contributed by atoms with Gasteiger partial charge in [0.25, 0.3) is 0 Å². The molecule has 0 spiro atoms. The Morgan fingerprint density at radius 2 is 1.00 bits per heavy atom. The molecule has 0 aliphatic rings. The molecule has 7 heteroatoms. The Morgan fingerprint density at radius 3 is 1.50 bits per heavy atom. The molecule has 44 heavy (non-hydrogen) atoms. The molecular formula is C37H67N4O3+. The lowest BCUT2D eigenvalue weighted by atomic mass is 10.1. The second-order valence-electron chi connectivity index (χ2n) is 12.5. The summed E-state index contributed by atoms with van der Waals surface area (Å²) in [6, 6.07) is 5.09. The van der Waals surface area contributed by atoms with E-state index in [2.05, 4.69) is 29.8 Å². The van der Waals surface area contributed by atoms with E-state index in [4.69, 9.17) is 0 Å². The first kappa shape index (κ1) is 39.6. The number of rotatable bonds is 30. The fourth-order valence-corrected chi connectivity index (χ4v) is 5.50. The Balaban J connectivity index is 2.32. The maximum absolute atomic E-state index is 13.0. The third-order valence-electron chi connectivity index (χ3n) is 8.37. The van der Waals surface area contributed by atoms with Gasteiger partial charge in [0.15, 0.2) is 18.9 Å². The highest BCUT2D eigenvalue weighted by Gasteiger charge is 2.22. The number of nitrogens with one attached hydrogen (secondary N) is 3. The number of carbonyl (C=O) groups is 3. The van der Waals surface area contributed by atoms with E-state index in [0.29, 0.717) is 26.1 Å². The lowest BCUT2D eigenvalue weighted by Gasteiger charge is -2.18. The Kier molecular flexibility index (Phi) is 26.3. The standard InChI is InChI=1S/C37H66N4O3/c1-3-5-7-9-11-13-15-17-19-22-29-38-35(42)27-26-34(40-36(43)28-33-41-31-24-21-25-32-41)37(44)39-30-23-20-18-16-14-12-10-8-6-4-2/h21,24-25,31-32,34H,3-20,22-23,26-30,33H2,1-2H3,(H2-,38,39,40,42,43,44)/p+1. The van der Waals surface area contributed by atoms with Crippen LogP contribution >= 0.6 is 0 Å². The van der Waals surface area contributed by atoms with Gasteiger partial charge in [-0.25, -0.2) is 4.57 Å². The first-order chi connectivity index (χ1) is 21.6. The van der Waals surface area contributed by atoms with Crippen molar-refractivity contribution in [1.82, 2.24) is 16.0 Å². The molecule has 252 valence electrons. The molecule has 0 saturated heterocycles. The van der Waals surface area contributed by atoms with Gasteiger partial charge in [-0.3, -0.25) is 14.4 Å². The number of aryl methyl sites for hydroxylation is 1. The Labute approximate surface area is 270 Å². The van der Waals surface area contributed by atoms with Gasteiger partial charge in [-0.1, -0.05) is 135 Å². The van der Waals surface area contributed by atoms with Crippen molar-refractivity contribution in [3.8, 4) is 0 Å². The minimum Gasteiger partial charge on any atom is -0.356 e. The molecule has 7 nitrogen and oxygen atoms in total. The number of aromatic nitrogens is 1. The fourth-order valence-electron chi connectivity index (χ4n) is 5.50. The summed E-state index contributed by atoms with van der Waals surface area (Å²) in [7, 11) is 0. The molecule has 0 fully saturated rings. The van der Waals surface area contributed by atoms with Gasteiger partial charge in [-0.05, 0) is 19.3 Å². The summed E-state index contributed by atoms with van der Waals surface area (Å²) in [5.74, 6) is -0.419. The van der Waals surface area contributed by atoms with Gasteiger partial charge < -0.3 is 16.0 Å². The summed E-state index contributed by atoms with van der Waals surface area (Å²) in [6.07, 6.45) is 29.7. The molecule has 0 bridgehead atoms. The monoisotopic (exact) mass is 616 g/mol. The van der Waals surface area contributed by atoms with Crippen molar-refractivity contribution in [1.29, 1.82) is 0 Å². The van der Waals surface area contributed by atoms with Crippen LogP contribution in [0.3, 0.4) is 0 Å². The number of amides is 3. The average molecular weight is 616 g/mol. The van der Waals surface area contributed by atoms with E-state index in [1.54, 1.807) is 0 Å². The van der Waals surface area contributed by atoms with Crippen molar-refractivity contribution in [2.75, 3.05) is 13.1 Å². The summed E-state index contributed by atoms with van der Waals surface area (Å²) in [4.78, 5) is 38.3. The van der Waals surface area contributed by atoms with Crippen LogP contribution in [-0.4, -0.2) is 36.9 Å².